The molecule has 126 valence electrons. The molecule has 0 bridgehead atoms. The first-order chi connectivity index (χ1) is 11.8. The smallest absolute Gasteiger partial charge is 0.224 e. The van der Waals surface area contributed by atoms with Gasteiger partial charge in [0.2, 0.25) is 5.91 Å². The Bertz CT molecular complexity index is 712. The van der Waals surface area contributed by atoms with E-state index in [0.717, 1.165) is 48.5 Å². The van der Waals surface area contributed by atoms with Crippen molar-refractivity contribution in [3.63, 3.8) is 0 Å². The van der Waals surface area contributed by atoms with Gasteiger partial charge in [-0.1, -0.05) is 30.3 Å². The topological polar surface area (TPSA) is 47.6 Å². The van der Waals surface area contributed by atoms with Crippen LogP contribution >= 0.6 is 0 Å². The molecule has 0 fully saturated rings. The van der Waals surface area contributed by atoms with Crippen molar-refractivity contribution in [3.05, 3.63) is 59.2 Å². The van der Waals surface area contributed by atoms with E-state index in [9.17, 15) is 4.79 Å². The zero-order valence-corrected chi connectivity index (χ0v) is 14.0. The number of aryl methyl sites for hydroxylation is 1. The van der Waals surface area contributed by atoms with Crippen LogP contribution in [-0.4, -0.2) is 26.2 Å². The second-order valence-corrected chi connectivity index (χ2v) is 5.98. The van der Waals surface area contributed by atoms with Crippen molar-refractivity contribution >= 4 is 5.91 Å². The number of para-hydroxylation sites is 1. The van der Waals surface area contributed by atoms with Gasteiger partial charge in [-0.15, -0.1) is 0 Å². The number of rotatable bonds is 6. The summed E-state index contributed by atoms with van der Waals surface area (Å²) in [6, 6.07) is 13.9. The van der Waals surface area contributed by atoms with Crippen molar-refractivity contribution in [2.75, 3.05) is 20.3 Å². The number of hydrogen-bond donors (Lipinski definition) is 1. The standard InChI is InChI=1S/C20H23NO3/c1-23-18-7-3-2-5-16(18)10-11-21-20(22)14-15-8-9-19-17(13-15)6-4-12-24-19/h2-3,5,7-9,13H,4,6,10-12,14H2,1H3,(H,21,22). The molecule has 4 heteroatoms. The van der Waals surface area contributed by atoms with Gasteiger partial charge in [0, 0.05) is 6.54 Å². The number of methoxy groups -OCH3 is 1. The van der Waals surface area contributed by atoms with Gasteiger partial charge < -0.3 is 14.8 Å². The summed E-state index contributed by atoms with van der Waals surface area (Å²) in [4.78, 5) is 12.2. The predicted octanol–water partition coefficient (Wildman–Crippen LogP) is 2.92. The number of hydrogen-bond acceptors (Lipinski definition) is 3. The highest BCUT2D eigenvalue weighted by atomic mass is 16.5. The van der Waals surface area contributed by atoms with Crippen molar-refractivity contribution < 1.29 is 14.3 Å². The number of amides is 1. The van der Waals surface area contributed by atoms with Crippen LogP contribution in [-0.2, 0) is 24.1 Å². The lowest BCUT2D eigenvalue weighted by molar-refractivity contribution is -0.120. The normalized spacial score (nSPS) is 12.9. The molecule has 2 aromatic carbocycles. The molecule has 1 amide bonds. The molecule has 3 rings (SSSR count). The number of carbonyl (C=O) groups is 1. The maximum absolute atomic E-state index is 12.2. The maximum atomic E-state index is 12.2. The van der Waals surface area contributed by atoms with Crippen molar-refractivity contribution in [1.29, 1.82) is 0 Å². The molecule has 0 spiro atoms. The fourth-order valence-electron chi connectivity index (χ4n) is 3.02. The van der Waals surface area contributed by atoms with E-state index in [1.54, 1.807) is 7.11 Å². The molecule has 0 aromatic heterocycles. The van der Waals surface area contributed by atoms with Crippen LogP contribution < -0.4 is 14.8 Å². The molecule has 4 nitrogen and oxygen atoms in total. The van der Waals surface area contributed by atoms with E-state index in [1.807, 2.05) is 36.4 Å². The van der Waals surface area contributed by atoms with E-state index in [0.29, 0.717) is 13.0 Å². The quantitative estimate of drug-likeness (QED) is 0.888. The van der Waals surface area contributed by atoms with E-state index in [2.05, 4.69) is 11.4 Å². The van der Waals surface area contributed by atoms with Crippen LogP contribution in [0.5, 0.6) is 11.5 Å². The van der Waals surface area contributed by atoms with Gasteiger partial charge >= 0.3 is 0 Å². The van der Waals surface area contributed by atoms with E-state index in [4.69, 9.17) is 9.47 Å². The zero-order valence-electron chi connectivity index (χ0n) is 14.0. The van der Waals surface area contributed by atoms with Gasteiger partial charge in [0.05, 0.1) is 20.1 Å². The Morgan fingerprint density at radius 2 is 2.12 bits per heavy atom. The van der Waals surface area contributed by atoms with Gasteiger partial charge in [-0.2, -0.15) is 0 Å². The SMILES string of the molecule is COc1ccccc1CCNC(=O)Cc1ccc2c(c1)CCCO2. The summed E-state index contributed by atoms with van der Waals surface area (Å²) in [5, 5.41) is 2.99. The summed E-state index contributed by atoms with van der Waals surface area (Å²) >= 11 is 0. The summed E-state index contributed by atoms with van der Waals surface area (Å²) in [5.74, 6) is 1.87. The third-order valence-electron chi connectivity index (χ3n) is 4.25. The summed E-state index contributed by atoms with van der Waals surface area (Å²) in [6.45, 7) is 1.39. The average Bonchev–Trinajstić information content (AvgIpc) is 2.62. The van der Waals surface area contributed by atoms with E-state index < -0.39 is 0 Å². The first kappa shape index (κ1) is 16.4. The third kappa shape index (κ3) is 4.07. The summed E-state index contributed by atoms with van der Waals surface area (Å²) in [5.41, 5.74) is 3.35. The molecule has 1 heterocycles. The molecule has 0 atom stereocenters. The molecule has 24 heavy (non-hydrogen) atoms. The molecule has 1 aliphatic heterocycles. The highest BCUT2D eigenvalue weighted by Gasteiger charge is 2.12. The maximum Gasteiger partial charge on any atom is 0.224 e. The first-order valence-electron chi connectivity index (χ1n) is 8.39. The summed E-state index contributed by atoms with van der Waals surface area (Å²) < 4.78 is 10.9. The third-order valence-corrected chi connectivity index (χ3v) is 4.25. The van der Waals surface area contributed by atoms with Crippen LogP contribution in [0.15, 0.2) is 42.5 Å². The molecule has 1 aliphatic rings. The number of carbonyl (C=O) groups excluding carboxylic acids is 1. The Kier molecular flexibility index (Phi) is 5.36. The van der Waals surface area contributed by atoms with Crippen molar-refractivity contribution in [1.82, 2.24) is 5.32 Å². The predicted molar refractivity (Wildman–Crippen MR) is 93.7 cm³/mol. The minimum atomic E-state index is 0.0431. The van der Waals surface area contributed by atoms with Crippen molar-refractivity contribution in [2.24, 2.45) is 0 Å². The van der Waals surface area contributed by atoms with Gasteiger partial charge in [-0.25, -0.2) is 0 Å². The molecule has 2 aromatic rings. The van der Waals surface area contributed by atoms with Crippen LogP contribution in [0.2, 0.25) is 0 Å². The van der Waals surface area contributed by atoms with Crippen LogP contribution in [0.25, 0.3) is 0 Å². The molecule has 0 unspecified atom stereocenters. The molecular formula is C20H23NO3. The Balaban J connectivity index is 1.51. The molecule has 0 aliphatic carbocycles. The molecule has 1 N–H and O–H groups in total. The van der Waals surface area contributed by atoms with Crippen molar-refractivity contribution in [3.8, 4) is 11.5 Å². The zero-order chi connectivity index (χ0) is 16.8. The first-order valence-corrected chi connectivity index (χ1v) is 8.39. The van der Waals surface area contributed by atoms with Crippen LogP contribution in [0.3, 0.4) is 0 Å². The molecule has 0 radical (unpaired) electrons. The Morgan fingerprint density at radius 3 is 3.00 bits per heavy atom. The van der Waals surface area contributed by atoms with Crippen LogP contribution in [0, 0.1) is 0 Å². The van der Waals surface area contributed by atoms with Crippen LogP contribution in [0.4, 0.5) is 0 Å². The van der Waals surface area contributed by atoms with Gasteiger partial charge in [-0.05, 0) is 48.1 Å². The van der Waals surface area contributed by atoms with Gasteiger partial charge in [0.15, 0.2) is 0 Å². The second kappa shape index (κ2) is 7.86. The van der Waals surface area contributed by atoms with Gasteiger partial charge in [-0.3, -0.25) is 4.79 Å². The summed E-state index contributed by atoms with van der Waals surface area (Å²) in [6.07, 6.45) is 3.23. The van der Waals surface area contributed by atoms with Gasteiger partial charge in [0.1, 0.15) is 11.5 Å². The lowest BCUT2D eigenvalue weighted by Gasteiger charge is -2.17. The highest BCUT2D eigenvalue weighted by molar-refractivity contribution is 5.78. The second-order valence-electron chi connectivity index (χ2n) is 5.98. The van der Waals surface area contributed by atoms with Crippen molar-refractivity contribution in [2.45, 2.75) is 25.7 Å². The monoisotopic (exact) mass is 325 g/mol. The van der Waals surface area contributed by atoms with E-state index >= 15 is 0 Å². The number of ether oxygens (including phenoxy) is 2. The summed E-state index contributed by atoms with van der Waals surface area (Å²) in [7, 11) is 1.66. The minimum Gasteiger partial charge on any atom is -0.496 e. The van der Waals surface area contributed by atoms with E-state index in [-0.39, 0.29) is 5.91 Å². The fraction of sp³-hybridized carbons (Fsp3) is 0.350. The molecule has 0 saturated carbocycles. The van der Waals surface area contributed by atoms with Gasteiger partial charge in [0.25, 0.3) is 0 Å². The lowest BCUT2D eigenvalue weighted by atomic mass is 10.0. The largest absolute Gasteiger partial charge is 0.496 e. The van der Waals surface area contributed by atoms with Crippen LogP contribution in [0.1, 0.15) is 23.1 Å². The number of nitrogens with one attached hydrogen (secondary N) is 1. The Morgan fingerprint density at radius 1 is 1.25 bits per heavy atom. The minimum absolute atomic E-state index is 0.0431. The van der Waals surface area contributed by atoms with E-state index in [1.165, 1.54) is 5.56 Å². The molecular weight excluding hydrogens is 302 g/mol. The number of fused-ring (bicyclic) bond motifs is 1. The molecule has 0 saturated heterocycles. The average molecular weight is 325 g/mol. The highest BCUT2D eigenvalue weighted by Crippen LogP contribution is 2.25. The number of benzene rings is 2. The fourth-order valence-corrected chi connectivity index (χ4v) is 3.02. The lowest BCUT2D eigenvalue weighted by Crippen LogP contribution is -2.27. The Hall–Kier alpha value is -2.49. The Labute approximate surface area is 142 Å².